The van der Waals surface area contributed by atoms with Crippen LogP contribution in [0.25, 0.3) is 10.9 Å². The lowest BCUT2D eigenvalue weighted by Crippen LogP contribution is -2.56. The monoisotopic (exact) mass is 664 g/mol. The number of nitrogens with zero attached hydrogens (tertiary/aromatic N) is 6. The Morgan fingerprint density at radius 1 is 0.918 bits per heavy atom. The minimum Gasteiger partial charge on any atom is -0.370 e. The Balaban J connectivity index is 0.859. The molecular weight excluding hydrogens is 624 g/mol. The van der Waals surface area contributed by atoms with E-state index < -0.39 is 23.4 Å². The largest absolute Gasteiger partial charge is 0.370 e. The van der Waals surface area contributed by atoms with E-state index in [0.29, 0.717) is 41.4 Å². The first kappa shape index (κ1) is 32.5. The van der Waals surface area contributed by atoms with E-state index in [4.69, 9.17) is 5.73 Å². The number of benzene rings is 2. The van der Waals surface area contributed by atoms with Crippen LogP contribution in [0.5, 0.6) is 0 Å². The maximum Gasteiger partial charge on any atom is 0.278 e. The molecule has 254 valence electrons. The van der Waals surface area contributed by atoms with Crippen LogP contribution in [0.3, 0.4) is 0 Å². The van der Waals surface area contributed by atoms with Gasteiger partial charge < -0.3 is 20.4 Å². The molecule has 0 bridgehead atoms. The van der Waals surface area contributed by atoms with Crippen LogP contribution < -0.4 is 21.5 Å². The third-order valence-electron chi connectivity index (χ3n) is 10.4. The standard InChI is InChI=1S/C36H40N8O5/c37-33(46)26-5-3-23(4-6-26)1-2-24-11-15-41(16-12-24)20-25-13-17-42(18-14-25)35(48)27-21-43(22-27)28-7-8-30-29(19-28)36(49)44(40-39-30)31-9-10-32(45)38-34(31)47/h3-8,19,24-25,27,31H,9-18,20-22H2,(H2,37,46)(H,38,45,47). The molecule has 4 aliphatic rings. The molecule has 1 aromatic heterocycles. The summed E-state index contributed by atoms with van der Waals surface area (Å²) in [4.78, 5) is 68.4. The first-order chi connectivity index (χ1) is 23.7. The highest BCUT2D eigenvalue weighted by Gasteiger charge is 2.37. The summed E-state index contributed by atoms with van der Waals surface area (Å²) in [5, 5.41) is 10.7. The molecule has 7 rings (SSSR count). The summed E-state index contributed by atoms with van der Waals surface area (Å²) < 4.78 is 1.06. The van der Waals surface area contributed by atoms with Gasteiger partial charge in [0.05, 0.1) is 11.3 Å². The van der Waals surface area contributed by atoms with E-state index in [2.05, 4.69) is 37.3 Å². The zero-order valence-electron chi connectivity index (χ0n) is 27.3. The Bertz CT molecular complexity index is 1890. The third-order valence-corrected chi connectivity index (χ3v) is 10.4. The average molecular weight is 665 g/mol. The first-order valence-electron chi connectivity index (χ1n) is 17.1. The van der Waals surface area contributed by atoms with Gasteiger partial charge in [-0.1, -0.05) is 17.1 Å². The van der Waals surface area contributed by atoms with Gasteiger partial charge >= 0.3 is 0 Å². The molecule has 4 fully saturated rings. The Morgan fingerprint density at radius 2 is 1.65 bits per heavy atom. The fourth-order valence-corrected chi connectivity index (χ4v) is 7.33. The molecule has 3 aromatic rings. The van der Waals surface area contributed by atoms with Gasteiger partial charge in [-0.05, 0) is 93.6 Å². The van der Waals surface area contributed by atoms with Crippen molar-refractivity contribution in [2.24, 2.45) is 23.5 Å². The van der Waals surface area contributed by atoms with Gasteiger partial charge in [0.1, 0.15) is 11.6 Å². The number of hydrogen-bond donors (Lipinski definition) is 2. The van der Waals surface area contributed by atoms with Crippen molar-refractivity contribution in [3.63, 3.8) is 0 Å². The maximum atomic E-state index is 13.4. The second kappa shape index (κ2) is 13.8. The molecule has 4 aliphatic heterocycles. The molecule has 4 amide bonds. The normalized spacial score (nSPS) is 21.2. The number of nitrogens with one attached hydrogen (secondary N) is 1. The van der Waals surface area contributed by atoms with Crippen LogP contribution in [0.15, 0.2) is 47.3 Å². The molecule has 1 unspecified atom stereocenters. The fourth-order valence-electron chi connectivity index (χ4n) is 7.33. The molecule has 13 nitrogen and oxygen atoms in total. The summed E-state index contributed by atoms with van der Waals surface area (Å²) in [7, 11) is 0. The predicted octanol–water partition coefficient (Wildman–Crippen LogP) is 1.31. The lowest BCUT2D eigenvalue weighted by Gasteiger charge is -2.44. The molecule has 4 saturated heterocycles. The van der Waals surface area contributed by atoms with Gasteiger partial charge in [-0.3, -0.25) is 29.3 Å². The Labute approximate surface area is 283 Å². The van der Waals surface area contributed by atoms with Gasteiger partial charge in [-0.15, -0.1) is 5.10 Å². The van der Waals surface area contributed by atoms with Crippen LogP contribution in [0.1, 0.15) is 60.5 Å². The molecule has 2 aromatic carbocycles. The van der Waals surface area contributed by atoms with Gasteiger partial charge in [0.25, 0.3) is 11.5 Å². The van der Waals surface area contributed by atoms with E-state index in [1.807, 2.05) is 23.1 Å². The molecule has 0 aliphatic carbocycles. The number of anilines is 1. The Morgan fingerprint density at radius 3 is 2.35 bits per heavy atom. The lowest BCUT2D eigenvalue weighted by molar-refractivity contribution is -0.138. The second-order valence-electron chi connectivity index (χ2n) is 13.7. The van der Waals surface area contributed by atoms with Gasteiger partial charge in [-0.2, -0.15) is 4.68 Å². The van der Waals surface area contributed by atoms with E-state index in [1.165, 1.54) is 0 Å². The molecule has 0 spiro atoms. The number of nitrogens with two attached hydrogens (primary N) is 1. The first-order valence-corrected chi connectivity index (χ1v) is 17.1. The SMILES string of the molecule is NC(=O)c1ccc(C#CC2CCN(CC3CCN(C(=O)C4CN(c5ccc6nnn(C7CCC(=O)NC7=O)c(=O)c6c5)C4)CC3)CC2)cc1. The van der Waals surface area contributed by atoms with Crippen LogP contribution in [-0.4, -0.2) is 94.2 Å². The van der Waals surface area contributed by atoms with E-state index in [0.717, 1.165) is 74.3 Å². The maximum absolute atomic E-state index is 13.4. The van der Waals surface area contributed by atoms with E-state index in [1.54, 1.807) is 24.3 Å². The number of carbonyl (C=O) groups is 4. The molecule has 49 heavy (non-hydrogen) atoms. The number of imide groups is 1. The summed E-state index contributed by atoms with van der Waals surface area (Å²) in [5.41, 5.74) is 7.52. The quantitative estimate of drug-likeness (QED) is 0.292. The summed E-state index contributed by atoms with van der Waals surface area (Å²) in [6, 6.07) is 11.6. The van der Waals surface area contributed by atoms with E-state index in [-0.39, 0.29) is 30.6 Å². The van der Waals surface area contributed by atoms with Crippen molar-refractivity contribution in [2.45, 2.75) is 44.6 Å². The van der Waals surface area contributed by atoms with Gasteiger partial charge in [-0.25, -0.2) is 0 Å². The highest BCUT2D eigenvalue weighted by molar-refractivity contribution is 5.99. The molecule has 13 heteroatoms. The minimum absolute atomic E-state index is 0.0795. The van der Waals surface area contributed by atoms with Gasteiger partial charge in [0.2, 0.25) is 17.7 Å². The van der Waals surface area contributed by atoms with Crippen molar-refractivity contribution in [1.29, 1.82) is 0 Å². The van der Waals surface area contributed by atoms with Crippen molar-refractivity contribution < 1.29 is 19.2 Å². The number of aromatic nitrogens is 3. The number of piperidine rings is 3. The number of primary amides is 1. The van der Waals surface area contributed by atoms with Gasteiger partial charge in [0.15, 0.2) is 0 Å². The molecule has 5 heterocycles. The van der Waals surface area contributed by atoms with Crippen molar-refractivity contribution in [3.05, 3.63) is 63.9 Å². The molecule has 1 atom stereocenters. The minimum atomic E-state index is -0.874. The summed E-state index contributed by atoms with van der Waals surface area (Å²) in [5.74, 6) is 6.38. The summed E-state index contributed by atoms with van der Waals surface area (Å²) in [6.45, 7) is 5.86. The van der Waals surface area contributed by atoms with Crippen LogP contribution in [0.4, 0.5) is 5.69 Å². The molecule has 0 radical (unpaired) electrons. The highest BCUT2D eigenvalue weighted by Crippen LogP contribution is 2.30. The zero-order chi connectivity index (χ0) is 34.1. The molecule has 3 N–H and O–H groups in total. The second-order valence-corrected chi connectivity index (χ2v) is 13.7. The van der Waals surface area contributed by atoms with Gasteiger partial charge in [0, 0.05) is 61.9 Å². The van der Waals surface area contributed by atoms with Crippen LogP contribution in [-0.2, 0) is 14.4 Å². The molecule has 0 saturated carbocycles. The smallest absolute Gasteiger partial charge is 0.278 e. The lowest BCUT2D eigenvalue weighted by atomic mass is 9.91. The number of carbonyl (C=O) groups excluding carboxylic acids is 4. The Kier molecular flexibility index (Phi) is 9.14. The van der Waals surface area contributed by atoms with Crippen LogP contribution >= 0.6 is 0 Å². The number of amides is 4. The Hall–Kier alpha value is -5.09. The molecular formula is C36H40N8O5. The van der Waals surface area contributed by atoms with Crippen molar-refractivity contribution >= 4 is 40.2 Å². The number of fused-ring (bicyclic) bond motifs is 1. The predicted molar refractivity (Wildman–Crippen MR) is 181 cm³/mol. The average Bonchev–Trinajstić information content (AvgIpc) is 3.08. The number of likely N-dealkylation sites (tertiary alicyclic amines) is 2. The van der Waals surface area contributed by atoms with Crippen molar-refractivity contribution in [3.8, 4) is 11.8 Å². The summed E-state index contributed by atoms with van der Waals surface area (Å²) >= 11 is 0. The summed E-state index contributed by atoms with van der Waals surface area (Å²) in [6.07, 6.45) is 4.44. The number of rotatable bonds is 6. The topological polar surface area (TPSA) is 164 Å². The van der Waals surface area contributed by atoms with Crippen molar-refractivity contribution in [2.75, 3.05) is 50.7 Å². The zero-order valence-corrected chi connectivity index (χ0v) is 27.3. The van der Waals surface area contributed by atoms with Crippen LogP contribution in [0, 0.1) is 29.6 Å². The van der Waals surface area contributed by atoms with E-state index >= 15 is 0 Å². The van der Waals surface area contributed by atoms with E-state index in [9.17, 15) is 24.0 Å². The van der Waals surface area contributed by atoms with Crippen LogP contribution in [0.2, 0.25) is 0 Å². The fraction of sp³-hybridized carbons (Fsp3) is 0.472. The number of hydrogen-bond acceptors (Lipinski definition) is 9. The third kappa shape index (κ3) is 7.05. The highest BCUT2D eigenvalue weighted by atomic mass is 16.2. The van der Waals surface area contributed by atoms with Crippen molar-refractivity contribution in [1.82, 2.24) is 30.1 Å².